The molecule has 0 bridgehead atoms. The molecule has 4 aromatic carbocycles. The van der Waals surface area contributed by atoms with Crippen molar-refractivity contribution in [2.75, 3.05) is 16.0 Å². The molecule has 4 aromatic rings. The van der Waals surface area contributed by atoms with Crippen molar-refractivity contribution in [3.63, 3.8) is 0 Å². The molecule has 1 aliphatic rings. The topological polar surface area (TPSA) is 92.6 Å². The highest BCUT2D eigenvalue weighted by molar-refractivity contribution is 8.00. The van der Waals surface area contributed by atoms with Crippen LogP contribution in [-0.4, -0.2) is 22.5 Å². The number of thioether (sulfide) groups is 1. The Balaban J connectivity index is 1.28. The molecule has 0 fully saturated rings. The smallest absolute Gasteiger partial charge is 0.269 e. The lowest BCUT2D eigenvalue weighted by Crippen LogP contribution is -2.29. The Bertz CT molecular complexity index is 1430. The van der Waals surface area contributed by atoms with Crippen molar-refractivity contribution in [1.29, 1.82) is 0 Å². The maximum absolute atomic E-state index is 13.4. The number of fused-ring (bicyclic) bond motifs is 2. The monoisotopic (exact) mass is 513 g/mol. The van der Waals surface area contributed by atoms with Crippen molar-refractivity contribution in [3.8, 4) is 0 Å². The molecule has 1 N–H and O–H groups in total. The summed E-state index contributed by atoms with van der Waals surface area (Å²) in [7, 11) is 0. The van der Waals surface area contributed by atoms with Gasteiger partial charge in [-0.2, -0.15) is 0 Å². The molecule has 9 heteroatoms. The second-order valence-corrected chi connectivity index (χ2v) is 9.97. The number of nitro benzene ring substituents is 1. The molecule has 0 unspecified atom stereocenters. The van der Waals surface area contributed by atoms with Gasteiger partial charge in [0.05, 0.1) is 22.1 Å². The molecule has 0 saturated heterocycles. The van der Waals surface area contributed by atoms with E-state index in [1.807, 2.05) is 54.6 Å². The summed E-state index contributed by atoms with van der Waals surface area (Å²) < 4.78 is 0. The van der Waals surface area contributed by atoms with Crippen LogP contribution in [0.3, 0.4) is 0 Å². The third-order valence-electron chi connectivity index (χ3n) is 5.48. The lowest BCUT2D eigenvalue weighted by Gasteiger charge is -2.31. The number of carbonyl (C=O) groups is 2. The van der Waals surface area contributed by atoms with Gasteiger partial charge in [0.2, 0.25) is 5.91 Å². The minimum atomic E-state index is -0.510. The largest absolute Gasteiger partial charge is 0.322 e. The predicted octanol–water partition coefficient (Wildman–Crippen LogP) is 6.77. The van der Waals surface area contributed by atoms with Crippen LogP contribution in [0, 0.1) is 10.1 Å². The van der Waals surface area contributed by atoms with Crippen LogP contribution in [0.25, 0.3) is 0 Å². The van der Waals surface area contributed by atoms with Gasteiger partial charge in [-0.1, -0.05) is 42.1 Å². The number of nitrogens with one attached hydrogen (secondary N) is 1. The molecule has 0 saturated carbocycles. The number of amides is 2. The summed E-state index contributed by atoms with van der Waals surface area (Å²) in [5.74, 6) is -0.199. The molecular formula is C27H19N3O4S2. The third kappa shape index (κ3) is 4.98. The highest BCUT2D eigenvalue weighted by Gasteiger charge is 2.27. The molecule has 5 rings (SSSR count). The van der Waals surface area contributed by atoms with Gasteiger partial charge in [0.1, 0.15) is 0 Å². The van der Waals surface area contributed by atoms with Gasteiger partial charge in [0.15, 0.2) is 0 Å². The zero-order valence-electron chi connectivity index (χ0n) is 18.8. The number of hydrogen-bond acceptors (Lipinski definition) is 6. The van der Waals surface area contributed by atoms with Crippen LogP contribution < -0.4 is 10.2 Å². The van der Waals surface area contributed by atoms with E-state index in [9.17, 15) is 19.7 Å². The predicted molar refractivity (Wildman–Crippen MR) is 142 cm³/mol. The molecule has 0 atom stereocenters. The van der Waals surface area contributed by atoms with Gasteiger partial charge in [0, 0.05) is 38.1 Å². The van der Waals surface area contributed by atoms with Crippen LogP contribution in [0.15, 0.2) is 112 Å². The van der Waals surface area contributed by atoms with Gasteiger partial charge in [-0.25, -0.2) is 0 Å². The van der Waals surface area contributed by atoms with Gasteiger partial charge in [0.25, 0.3) is 11.6 Å². The Labute approximate surface area is 215 Å². The van der Waals surface area contributed by atoms with E-state index in [4.69, 9.17) is 0 Å². The number of nitro groups is 1. The number of rotatable bonds is 6. The fourth-order valence-corrected chi connectivity index (χ4v) is 5.65. The Morgan fingerprint density at radius 1 is 0.861 bits per heavy atom. The molecule has 0 radical (unpaired) electrons. The average molecular weight is 514 g/mol. The van der Waals surface area contributed by atoms with Gasteiger partial charge < -0.3 is 5.32 Å². The first-order chi connectivity index (χ1) is 17.5. The quantitative estimate of drug-likeness (QED) is 0.174. The summed E-state index contributed by atoms with van der Waals surface area (Å²) in [6.45, 7) is 0. The van der Waals surface area contributed by atoms with Gasteiger partial charge >= 0.3 is 0 Å². The second kappa shape index (κ2) is 10.3. The molecule has 1 aliphatic heterocycles. The minimum Gasteiger partial charge on any atom is -0.322 e. The van der Waals surface area contributed by atoms with Crippen LogP contribution >= 0.6 is 23.5 Å². The van der Waals surface area contributed by atoms with E-state index in [1.54, 1.807) is 34.9 Å². The molecule has 0 spiro atoms. The van der Waals surface area contributed by atoms with Crippen molar-refractivity contribution < 1.29 is 14.5 Å². The van der Waals surface area contributed by atoms with Crippen LogP contribution in [-0.2, 0) is 4.79 Å². The Hall–Kier alpha value is -4.08. The molecule has 36 heavy (non-hydrogen) atoms. The van der Waals surface area contributed by atoms with Crippen molar-refractivity contribution >= 4 is 58.1 Å². The van der Waals surface area contributed by atoms with Crippen LogP contribution in [0.4, 0.5) is 22.7 Å². The number of nitrogens with zero attached hydrogens (tertiary/aromatic N) is 2. The standard InChI is InChI=1S/C27H19N3O4S2/c31-26(29-22-8-1-3-10-24(22)36-25-11-4-2-9-23(25)29)17-35-21-7-5-6-19(16-21)28-27(32)18-12-14-20(15-13-18)30(33)34/h1-16H,17H2,(H,28,32). The SMILES string of the molecule is O=C(Nc1cccc(SCC(=O)N2c3ccccc3Sc3ccccc32)c1)c1ccc([N+](=O)[O-])cc1. The Morgan fingerprint density at radius 2 is 1.50 bits per heavy atom. The number of non-ortho nitro benzene ring substituents is 1. The summed E-state index contributed by atoms with van der Waals surface area (Å²) in [5, 5.41) is 13.6. The summed E-state index contributed by atoms with van der Waals surface area (Å²) in [4.78, 5) is 40.9. The first kappa shape index (κ1) is 23.7. The molecule has 2 amide bonds. The molecule has 0 aromatic heterocycles. The summed E-state index contributed by atoms with van der Waals surface area (Å²) in [5.41, 5.74) is 2.55. The summed E-state index contributed by atoms with van der Waals surface area (Å²) in [6, 6.07) is 28.4. The van der Waals surface area contributed by atoms with E-state index in [-0.39, 0.29) is 23.3 Å². The van der Waals surface area contributed by atoms with Crippen LogP contribution in [0.5, 0.6) is 0 Å². The second-order valence-electron chi connectivity index (χ2n) is 7.84. The molecular weight excluding hydrogens is 494 g/mol. The fraction of sp³-hybridized carbons (Fsp3) is 0.0370. The summed E-state index contributed by atoms with van der Waals surface area (Å²) >= 11 is 3.04. The van der Waals surface area contributed by atoms with E-state index in [2.05, 4.69) is 5.32 Å². The molecule has 1 heterocycles. The third-order valence-corrected chi connectivity index (χ3v) is 7.58. The lowest BCUT2D eigenvalue weighted by molar-refractivity contribution is -0.384. The normalized spacial score (nSPS) is 11.8. The molecule has 0 aliphatic carbocycles. The van der Waals surface area contributed by atoms with E-state index in [0.29, 0.717) is 11.3 Å². The first-order valence-corrected chi connectivity index (χ1v) is 12.8. The Kier molecular flexibility index (Phi) is 6.75. The minimum absolute atomic E-state index is 0.0412. The maximum Gasteiger partial charge on any atom is 0.269 e. The number of hydrogen-bond donors (Lipinski definition) is 1. The number of anilines is 3. The average Bonchev–Trinajstić information content (AvgIpc) is 2.90. The van der Waals surface area contributed by atoms with E-state index in [0.717, 1.165) is 26.1 Å². The van der Waals surface area contributed by atoms with Gasteiger partial charge in [-0.15, -0.1) is 11.8 Å². The van der Waals surface area contributed by atoms with E-state index in [1.165, 1.54) is 36.0 Å². The van der Waals surface area contributed by atoms with Crippen LogP contribution in [0.1, 0.15) is 10.4 Å². The Morgan fingerprint density at radius 3 is 2.14 bits per heavy atom. The van der Waals surface area contributed by atoms with E-state index >= 15 is 0 Å². The maximum atomic E-state index is 13.4. The van der Waals surface area contributed by atoms with Gasteiger partial charge in [-0.05, 0) is 54.6 Å². The van der Waals surface area contributed by atoms with Crippen LogP contribution in [0.2, 0.25) is 0 Å². The highest BCUT2D eigenvalue weighted by atomic mass is 32.2. The lowest BCUT2D eigenvalue weighted by atomic mass is 10.2. The first-order valence-electron chi connectivity index (χ1n) is 11.0. The van der Waals surface area contributed by atoms with E-state index < -0.39 is 4.92 Å². The van der Waals surface area contributed by atoms with Crippen molar-refractivity contribution in [2.24, 2.45) is 0 Å². The number of para-hydroxylation sites is 2. The van der Waals surface area contributed by atoms with Crippen molar-refractivity contribution in [2.45, 2.75) is 14.7 Å². The number of carbonyl (C=O) groups excluding carboxylic acids is 2. The van der Waals surface area contributed by atoms with Gasteiger partial charge in [-0.3, -0.25) is 24.6 Å². The number of benzene rings is 4. The highest BCUT2D eigenvalue weighted by Crippen LogP contribution is 2.48. The fourth-order valence-electron chi connectivity index (χ4n) is 3.78. The molecule has 178 valence electrons. The van der Waals surface area contributed by atoms with Crippen molar-refractivity contribution in [1.82, 2.24) is 0 Å². The zero-order valence-corrected chi connectivity index (χ0v) is 20.4. The zero-order chi connectivity index (χ0) is 25.1. The van der Waals surface area contributed by atoms with Crippen molar-refractivity contribution in [3.05, 3.63) is 113 Å². The summed E-state index contributed by atoms with van der Waals surface area (Å²) in [6.07, 6.45) is 0. The molecule has 7 nitrogen and oxygen atoms in total.